The summed E-state index contributed by atoms with van der Waals surface area (Å²) in [6.07, 6.45) is 1.89. The molecule has 6 heteroatoms. The number of nitrogens with one attached hydrogen (secondary N) is 1. The van der Waals surface area contributed by atoms with Crippen LogP contribution in [0.25, 0.3) is 16.7 Å². The summed E-state index contributed by atoms with van der Waals surface area (Å²) in [6.45, 7) is 4.42. The molecule has 0 atom stereocenters. The Morgan fingerprint density at radius 3 is 2.72 bits per heavy atom. The molecule has 0 aliphatic carbocycles. The monoisotopic (exact) mass is 389 g/mol. The lowest BCUT2D eigenvalue weighted by Gasteiger charge is -2.07. The van der Waals surface area contributed by atoms with Crippen LogP contribution in [0.15, 0.2) is 59.2 Å². The van der Waals surface area contributed by atoms with E-state index in [-0.39, 0.29) is 12.3 Å². The first kappa shape index (κ1) is 18.8. The molecule has 4 rings (SSSR count). The Morgan fingerprint density at radius 2 is 1.97 bits per heavy atom. The summed E-state index contributed by atoms with van der Waals surface area (Å²) >= 11 is 0. The molecule has 1 N–H and O–H groups in total. The van der Waals surface area contributed by atoms with Crippen LogP contribution < -0.4 is 10.1 Å². The molecule has 2 heterocycles. The zero-order valence-corrected chi connectivity index (χ0v) is 16.7. The van der Waals surface area contributed by atoms with Crippen LogP contribution in [-0.4, -0.2) is 22.8 Å². The molecular weight excluding hydrogens is 366 g/mol. The van der Waals surface area contributed by atoms with Crippen LogP contribution in [0.1, 0.15) is 22.5 Å². The number of rotatable bonds is 6. The van der Waals surface area contributed by atoms with Crippen molar-refractivity contribution < 1.29 is 13.9 Å². The molecule has 0 saturated heterocycles. The second-order valence-electron chi connectivity index (χ2n) is 6.97. The number of hydrogen-bond acceptors (Lipinski definition) is 4. The number of carbonyl (C=O) groups is 1. The zero-order chi connectivity index (χ0) is 20.4. The van der Waals surface area contributed by atoms with Gasteiger partial charge in [-0.25, -0.2) is 4.68 Å². The number of aromatic nitrogens is 2. The highest BCUT2D eigenvalue weighted by Gasteiger charge is 2.15. The lowest BCUT2D eigenvalue weighted by molar-refractivity contribution is -0.120. The minimum absolute atomic E-state index is 0.0604. The summed E-state index contributed by atoms with van der Waals surface area (Å²) in [5, 5.41) is 8.56. The van der Waals surface area contributed by atoms with Gasteiger partial charge in [-0.3, -0.25) is 4.79 Å². The van der Waals surface area contributed by atoms with E-state index in [4.69, 9.17) is 9.15 Å². The van der Waals surface area contributed by atoms with Crippen molar-refractivity contribution in [2.75, 3.05) is 7.11 Å². The van der Waals surface area contributed by atoms with Gasteiger partial charge in [-0.05, 0) is 38.1 Å². The molecule has 0 saturated carbocycles. The Bertz CT molecular complexity index is 1160. The summed E-state index contributed by atoms with van der Waals surface area (Å²) in [5.41, 5.74) is 5.54. The number of aryl methyl sites for hydroxylation is 1. The Kier molecular flexibility index (Phi) is 5.08. The zero-order valence-electron chi connectivity index (χ0n) is 16.7. The van der Waals surface area contributed by atoms with E-state index in [1.807, 2.05) is 67.1 Å². The maximum absolute atomic E-state index is 12.5. The average Bonchev–Trinajstić information content (AvgIpc) is 3.26. The standard InChI is InChI=1S/C23H23N3O3/c1-15-21(16(2)26(25-15)18-7-5-4-6-8-18)13-24-23(27)11-17-14-29-22-12-19(28-3)9-10-20(17)22/h4-10,12,14H,11,13H2,1-3H3,(H,24,27). The SMILES string of the molecule is COc1ccc2c(CC(=O)NCc3c(C)nn(-c4ccccc4)c3C)coc2c1. The number of carbonyl (C=O) groups excluding carboxylic acids is 1. The number of benzene rings is 2. The van der Waals surface area contributed by atoms with Gasteiger partial charge in [0.2, 0.25) is 5.91 Å². The lowest BCUT2D eigenvalue weighted by Crippen LogP contribution is -2.25. The molecule has 0 bridgehead atoms. The third kappa shape index (κ3) is 3.74. The highest BCUT2D eigenvalue weighted by atomic mass is 16.5. The topological polar surface area (TPSA) is 69.3 Å². The maximum atomic E-state index is 12.5. The van der Waals surface area contributed by atoms with Crippen molar-refractivity contribution in [3.63, 3.8) is 0 Å². The second kappa shape index (κ2) is 7.83. The van der Waals surface area contributed by atoms with Crippen LogP contribution in [-0.2, 0) is 17.8 Å². The predicted octanol–water partition coefficient (Wildman–Crippen LogP) is 4.10. The number of methoxy groups -OCH3 is 1. The Labute approximate surface area is 169 Å². The molecule has 6 nitrogen and oxygen atoms in total. The summed E-state index contributed by atoms with van der Waals surface area (Å²) < 4.78 is 12.7. The largest absolute Gasteiger partial charge is 0.497 e. The van der Waals surface area contributed by atoms with Gasteiger partial charge in [0.1, 0.15) is 11.3 Å². The van der Waals surface area contributed by atoms with Gasteiger partial charge in [0, 0.05) is 34.8 Å². The number of hydrogen-bond donors (Lipinski definition) is 1. The number of amides is 1. The molecule has 0 aliphatic heterocycles. The fourth-order valence-corrected chi connectivity index (χ4v) is 3.50. The van der Waals surface area contributed by atoms with E-state index in [1.165, 1.54) is 0 Å². The van der Waals surface area contributed by atoms with Crippen molar-refractivity contribution in [3.05, 3.63) is 77.3 Å². The molecule has 0 fully saturated rings. The third-order valence-corrected chi connectivity index (χ3v) is 5.12. The van der Waals surface area contributed by atoms with Crippen LogP contribution in [0.2, 0.25) is 0 Å². The van der Waals surface area contributed by atoms with Crippen molar-refractivity contribution in [1.29, 1.82) is 0 Å². The van der Waals surface area contributed by atoms with Crippen molar-refractivity contribution in [1.82, 2.24) is 15.1 Å². The first-order chi connectivity index (χ1) is 14.1. The van der Waals surface area contributed by atoms with E-state index in [1.54, 1.807) is 13.4 Å². The number of fused-ring (bicyclic) bond motifs is 1. The van der Waals surface area contributed by atoms with E-state index in [2.05, 4.69) is 10.4 Å². The highest BCUT2D eigenvalue weighted by Crippen LogP contribution is 2.26. The molecule has 0 aliphatic rings. The van der Waals surface area contributed by atoms with Crippen LogP contribution in [0.3, 0.4) is 0 Å². The number of nitrogens with zero attached hydrogens (tertiary/aromatic N) is 2. The fraction of sp³-hybridized carbons (Fsp3) is 0.217. The molecule has 4 aromatic rings. The summed E-state index contributed by atoms with van der Waals surface area (Å²) in [5.74, 6) is 0.666. The first-order valence-corrected chi connectivity index (χ1v) is 9.48. The van der Waals surface area contributed by atoms with Crippen LogP contribution in [0, 0.1) is 13.8 Å². The molecule has 0 unspecified atom stereocenters. The Morgan fingerprint density at radius 1 is 1.17 bits per heavy atom. The molecule has 2 aromatic heterocycles. The Hall–Kier alpha value is -3.54. The smallest absolute Gasteiger partial charge is 0.224 e. The van der Waals surface area contributed by atoms with Crippen LogP contribution in [0.4, 0.5) is 0 Å². The molecular formula is C23H23N3O3. The van der Waals surface area contributed by atoms with Gasteiger partial charge in [-0.15, -0.1) is 0 Å². The molecule has 0 spiro atoms. The van der Waals surface area contributed by atoms with Gasteiger partial charge in [0.15, 0.2) is 0 Å². The fourth-order valence-electron chi connectivity index (χ4n) is 3.50. The van der Waals surface area contributed by atoms with E-state index < -0.39 is 0 Å². The lowest BCUT2D eigenvalue weighted by atomic mass is 10.1. The van der Waals surface area contributed by atoms with E-state index in [9.17, 15) is 4.79 Å². The van der Waals surface area contributed by atoms with Crippen molar-refractivity contribution >= 4 is 16.9 Å². The van der Waals surface area contributed by atoms with Crippen molar-refractivity contribution in [3.8, 4) is 11.4 Å². The molecule has 148 valence electrons. The third-order valence-electron chi connectivity index (χ3n) is 5.12. The number of furan rings is 1. The summed E-state index contributed by atoms with van der Waals surface area (Å²) in [7, 11) is 1.61. The normalized spacial score (nSPS) is 11.0. The predicted molar refractivity (Wildman–Crippen MR) is 111 cm³/mol. The molecule has 29 heavy (non-hydrogen) atoms. The van der Waals surface area contributed by atoms with Crippen molar-refractivity contribution in [2.45, 2.75) is 26.8 Å². The number of para-hydroxylation sites is 1. The van der Waals surface area contributed by atoms with E-state index >= 15 is 0 Å². The number of ether oxygens (including phenoxy) is 1. The highest BCUT2D eigenvalue weighted by molar-refractivity contribution is 5.88. The van der Waals surface area contributed by atoms with Crippen LogP contribution >= 0.6 is 0 Å². The second-order valence-corrected chi connectivity index (χ2v) is 6.97. The molecule has 1 amide bonds. The van der Waals surface area contributed by atoms with Crippen molar-refractivity contribution in [2.24, 2.45) is 0 Å². The van der Waals surface area contributed by atoms with Crippen LogP contribution in [0.5, 0.6) is 5.75 Å². The molecule has 2 aromatic carbocycles. The minimum Gasteiger partial charge on any atom is -0.497 e. The van der Waals surface area contributed by atoms with Gasteiger partial charge in [0.05, 0.1) is 31.2 Å². The summed E-state index contributed by atoms with van der Waals surface area (Å²) in [4.78, 5) is 12.5. The van der Waals surface area contributed by atoms with E-state index in [0.717, 1.165) is 39.3 Å². The Balaban J connectivity index is 1.46. The van der Waals surface area contributed by atoms with Gasteiger partial charge in [-0.1, -0.05) is 18.2 Å². The van der Waals surface area contributed by atoms with E-state index in [0.29, 0.717) is 12.1 Å². The van der Waals surface area contributed by atoms with Gasteiger partial charge >= 0.3 is 0 Å². The van der Waals surface area contributed by atoms with Gasteiger partial charge in [0.25, 0.3) is 0 Å². The quantitative estimate of drug-likeness (QED) is 0.539. The van der Waals surface area contributed by atoms with Gasteiger partial charge in [-0.2, -0.15) is 5.10 Å². The first-order valence-electron chi connectivity index (χ1n) is 9.48. The molecule has 0 radical (unpaired) electrons. The summed E-state index contributed by atoms with van der Waals surface area (Å²) in [6, 6.07) is 15.6. The maximum Gasteiger partial charge on any atom is 0.224 e. The minimum atomic E-state index is -0.0604. The van der Waals surface area contributed by atoms with Gasteiger partial charge < -0.3 is 14.5 Å². The average molecular weight is 389 g/mol.